The number of hydrogen-bond donors (Lipinski definition) is 1. The summed E-state index contributed by atoms with van der Waals surface area (Å²) in [6.45, 7) is 1.89. The molecule has 5 heteroatoms. The molecule has 19 heavy (non-hydrogen) atoms. The minimum atomic E-state index is -0.250. The number of rotatable bonds is 6. The number of carbonyl (C=O) groups is 1. The summed E-state index contributed by atoms with van der Waals surface area (Å²) in [6.07, 6.45) is 0.858. The van der Waals surface area contributed by atoms with E-state index >= 15 is 0 Å². The lowest BCUT2D eigenvalue weighted by Gasteiger charge is -2.11. The molecule has 0 aliphatic heterocycles. The molecular formula is C14H18N2O3. The molecule has 0 heterocycles. The van der Waals surface area contributed by atoms with Gasteiger partial charge in [-0.2, -0.15) is 5.26 Å². The van der Waals surface area contributed by atoms with Crippen LogP contribution in [0.2, 0.25) is 0 Å². The van der Waals surface area contributed by atoms with Crippen molar-refractivity contribution in [3.63, 3.8) is 0 Å². The first-order chi connectivity index (χ1) is 9.14. The summed E-state index contributed by atoms with van der Waals surface area (Å²) in [5.41, 5.74) is 0.621. The number of hydrogen-bond acceptors (Lipinski definition) is 4. The Morgan fingerprint density at radius 2 is 2.05 bits per heavy atom. The Morgan fingerprint density at radius 1 is 1.37 bits per heavy atom. The van der Waals surface area contributed by atoms with Gasteiger partial charge in [0, 0.05) is 18.2 Å². The number of carbonyl (C=O) groups excluding carboxylic acids is 1. The molecule has 0 aromatic heterocycles. The lowest BCUT2D eigenvalue weighted by molar-refractivity contribution is -0.116. The quantitative estimate of drug-likeness (QED) is 0.855. The highest BCUT2D eigenvalue weighted by molar-refractivity contribution is 5.91. The average molecular weight is 262 g/mol. The van der Waals surface area contributed by atoms with Crippen LogP contribution in [0.1, 0.15) is 19.8 Å². The van der Waals surface area contributed by atoms with Gasteiger partial charge in [0.05, 0.1) is 26.2 Å². The zero-order valence-electron chi connectivity index (χ0n) is 11.4. The van der Waals surface area contributed by atoms with Crippen molar-refractivity contribution >= 4 is 11.6 Å². The van der Waals surface area contributed by atoms with Crippen molar-refractivity contribution in [2.75, 3.05) is 19.5 Å². The zero-order chi connectivity index (χ0) is 14.3. The fraction of sp³-hybridized carbons (Fsp3) is 0.429. The molecule has 102 valence electrons. The van der Waals surface area contributed by atoms with Crippen LogP contribution >= 0.6 is 0 Å². The Labute approximate surface area is 113 Å². The first-order valence-corrected chi connectivity index (χ1v) is 6.06. The predicted molar refractivity (Wildman–Crippen MR) is 72.2 cm³/mol. The van der Waals surface area contributed by atoms with E-state index in [1.165, 1.54) is 7.11 Å². The molecule has 5 nitrogen and oxygen atoms in total. The molecule has 0 saturated heterocycles. The average Bonchev–Trinajstić information content (AvgIpc) is 2.44. The molecule has 0 saturated carbocycles. The summed E-state index contributed by atoms with van der Waals surface area (Å²) >= 11 is 0. The van der Waals surface area contributed by atoms with E-state index in [-0.39, 0.29) is 18.2 Å². The molecule has 1 rings (SSSR count). The lowest BCUT2D eigenvalue weighted by Crippen LogP contribution is -2.15. The molecule has 0 aliphatic rings. The SMILES string of the molecule is CCC(C#N)CC(=O)Nc1ccc(OC)c(OC)c1. The highest BCUT2D eigenvalue weighted by Gasteiger charge is 2.12. The summed E-state index contributed by atoms with van der Waals surface area (Å²) in [7, 11) is 3.08. The standard InChI is InChI=1S/C14H18N2O3/c1-4-10(9-15)7-14(17)16-11-5-6-12(18-2)13(8-11)19-3/h5-6,8,10H,4,7H2,1-3H3,(H,16,17). The van der Waals surface area contributed by atoms with Crippen LogP contribution in [-0.4, -0.2) is 20.1 Å². The van der Waals surface area contributed by atoms with Crippen LogP contribution < -0.4 is 14.8 Å². The third kappa shape index (κ3) is 4.18. The fourth-order valence-corrected chi connectivity index (χ4v) is 1.63. The summed E-state index contributed by atoms with van der Waals surface area (Å²) < 4.78 is 10.3. The van der Waals surface area contributed by atoms with Crippen molar-refractivity contribution in [3.05, 3.63) is 18.2 Å². The first-order valence-electron chi connectivity index (χ1n) is 6.06. The third-order valence-corrected chi connectivity index (χ3v) is 2.77. The van der Waals surface area contributed by atoms with Crippen LogP contribution in [-0.2, 0) is 4.79 Å². The molecule has 1 atom stereocenters. The van der Waals surface area contributed by atoms with E-state index in [2.05, 4.69) is 11.4 Å². The van der Waals surface area contributed by atoms with Crippen LogP contribution in [0, 0.1) is 17.2 Å². The first kappa shape index (κ1) is 14.8. The van der Waals surface area contributed by atoms with Crippen LogP contribution in [0.4, 0.5) is 5.69 Å². The largest absolute Gasteiger partial charge is 0.493 e. The van der Waals surface area contributed by atoms with Gasteiger partial charge in [0.1, 0.15) is 0 Å². The van der Waals surface area contributed by atoms with E-state index in [0.29, 0.717) is 23.6 Å². The number of nitrogens with one attached hydrogen (secondary N) is 1. The van der Waals surface area contributed by atoms with Crippen LogP contribution in [0.5, 0.6) is 11.5 Å². The molecule has 1 N–H and O–H groups in total. The maximum atomic E-state index is 11.8. The Morgan fingerprint density at radius 3 is 2.58 bits per heavy atom. The topological polar surface area (TPSA) is 71.4 Å². The second-order valence-electron chi connectivity index (χ2n) is 4.06. The Bertz CT molecular complexity index is 480. The summed E-state index contributed by atoms with van der Waals surface area (Å²) in [4.78, 5) is 11.8. The summed E-state index contributed by atoms with van der Waals surface area (Å²) in [5, 5.41) is 11.6. The number of methoxy groups -OCH3 is 2. The van der Waals surface area contributed by atoms with Crippen molar-refractivity contribution in [2.45, 2.75) is 19.8 Å². The molecule has 1 aromatic rings. The van der Waals surface area contributed by atoms with Gasteiger partial charge in [0.25, 0.3) is 0 Å². The summed E-state index contributed by atoms with van der Waals surface area (Å²) in [5.74, 6) is 0.720. The van der Waals surface area contributed by atoms with Crippen LogP contribution in [0.15, 0.2) is 18.2 Å². The number of nitriles is 1. The summed E-state index contributed by atoms with van der Waals surface area (Å²) in [6, 6.07) is 7.24. The number of amides is 1. The number of nitrogens with zero attached hydrogens (tertiary/aromatic N) is 1. The van der Waals surface area contributed by atoms with E-state index in [1.807, 2.05) is 6.92 Å². The minimum absolute atomic E-state index is 0.180. The van der Waals surface area contributed by atoms with Gasteiger partial charge >= 0.3 is 0 Å². The second-order valence-corrected chi connectivity index (χ2v) is 4.06. The normalized spacial score (nSPS) is 11.3. The molecule has 0 fully saturated rings. The molecule has 0 radical (unpaired) electrons. The van der Waals surface area contributed by atoms with Crippen molar-refractivity contribution in [3.8, 4) is 17.6 Å². The molecule has 0 spiro atoms. The van der Waals surface area contributed by atoms with Crippen molar-refractivity contribution in [2.24, 2.45) is 5.92 Å². The van der Waals surface area contributed by atoms with Gasteiger partial charge in [-0.05, 0) is 18.6 Å². The van der Waals surface area contributed by atoms with Gasteiger partial charge in [0.2, 0.25) is 5.91 Å². The van der Waals surface area contributed by atoms with E-state index in [1.54, 1.807) is 25.3 Å². The molecule has 0 bridgehead atoms. The van der Waals surface area contributed by atoms with E-state index in [4.69, 9.17) is 14.7 Å². The smallest absolute Gasteiger partial charge is 0.225 e. The van der Waals surface area contributed by atoms with E-state index < -0.39 is 0 Å². The predicted octanol–water partition coefficient (Wildman–Crippen LogP) is 2.58. The van der Waals surface area contributed by atoms with Crippen molar-refractivity contribution in [1.29, 1.82) is 5.26 Å². The van der Waals surface area contributed by atoms with Crippen molar-refractivity contribution in [1.82, 2.24) is 0 Å². The van der Waals surface area contributed by atoms with Gasteiger partial charge in [-0.15, -0.1) is 0 Å². The highest BCUT2D eigenvalue weighted by Crippen LogP contribution is 2.29. The zero-order valence-corrected chi connectivity index (χ0v) is 11.4. The van der Waals surface area contributed by atoms with Crippen LogP contribution in [0.3, 0.4) is 0 Å². The van der Waals surface area contributed by atoms with Gasteiger partial charge < -0.3 is 14.8 Å². The number of ether oxygens (including phenoxy) is 2. The van der Waals surface area contributed by atoms with E-state index in [0.717, 1.165) is 0 Å². The van der Waals surface area contributed by atoms with Gasteiger partial charge in [-0.25, -0.2) is 0 Å². The number of anilines is 1. The third-order valence-electron chi connectivity index (χ3n) is 2.77. The lowest BCUT2D eigenvalue weighted by atomic mass is 10.0. The molecule has 1 amide bonds. The monoisotopic (exact) mass is 262 g/mol. The number of benzene rings is 1. The van der Waals surface area contributed by atoms with Crippen molar-refractivity contribution < 1.29 is 14.3 Å². The Hall–Kier alpha value is -2.22. The highest BCUT2D eigenvalue weighted by atomic mass is 16.5. The Kier molecular flexibility index (Phi) is 5.68. The van der Waals surface area contributed by atoms with Crippen LogP contribution in [0.25, 0.3) is 0 Å². The minimum Gasteiger partial charge on any atom is -0.493 e. The maximum Gasteiger partial charge on any atom is 0.225 e. The van der Waals surface area contributed by atoms with Gasteiger partial charge in [-0.1, -0.05) is 6.92 Å². The fourth-order valence-electron chi connectivity index (χ4n) is 1.63. The molecule has 1 unspecified atom stereocenters. The molecule has 0 aliphatic carbocycles. The Balaban J connectivity index is 2.72. The molecule has 1 aromatic carbocycles. The molecular weight excluding hydrogens is 244 g/mol. The maximum absolute atomic E-state index is 11.8. The van der Waals surface area contributed by atoms with Gasteiger partial charge in [0.15, 0.2) is 11.5 Å². The van der Waals surface area contributed by atoms with E-state index in [9.17, 15) is 4.79 Å². The second kappa shape index (κ2) is 7.27. The van der Waals surface area contributed by atoms with Gasteiger partial charge in [-0.3, -0.25) is 4.79 Å².